The topological polar surface area (TPSA) is 61.0 Å². The third-order valence-corrected chi connectivity index (χ3v) is 2.64. The lowest BCUT2D eigenvalue weighted by molar-refractivity contribution is 0.454. The van der Waals surface area contributed by atoms with Crippen LogP contribution in [0.15, 0.2) is 30.6 Å². The summed E-state index contributed by atoms with van der Waals surface area (Å²) in [5, 5.41) is 0. The van der Waals surface area contributed by atoms with Gasteiger partial charge in [-0.3, -0.25) is 4.98 Å². The number of benzene rings is 1. The highest BCUT2D eigenvalue weighted by Crippen LogP contribution is 2.25. The van der Waals surface area contributed by atoms with Gasteiger partial charge in [0.25, 0.3) is 0 Å². The monoisotopic (exact) mass is 229 g/mol. The lowest BCUT2D eigenvalue weighted by Crippen LogP contribution is -2.01. The first-order valence-corrected chi connectivity index (χ1v) is 5.46. The lowest BCUT2D eigenvalue weighted by atomic mass is 10.1. The number of ether oxygens (including phenoxy) is 1. The van der Waals surface area contributed by atoms with Gasteiger partial charge in [0, 0.05) is 12.7 Å². The molecule has 0 spiro atoms. The van der Waals surface area contributed by atoms with Gasteiger partial charge in [0.05, 0.1) is 11.9 Å². The summed E-state index contributed by atoms with van der Waals surface area (Å²) in [7, 11) is 0. The zero-order valence-electron chi connectivity index (χ0n) is 9.97. The van der Waals surface area contributed by atoms with E-state index in [9.17, 15) is 0 Å². The Hall–Kier alpha value is -1.94. The van der Waals surface area contributed by atoms with Crippen molar-refractivity contribution in [3.63, 3.8) is 0 Å². The van der Waals surface area contributed by atoms with Gasteiger partial charge in [-0.25, -0.2) is 4.98 Å². The molecule has 2 rings (SSSR count). The van der Waals surface area contributed by atoms with E-state index in [1.807, 2.05) is 32.0 Å². The van der Waals surface area contributed by atoms with E-state index in [0.717, 1.165) is 11.3 Å². The number of hydrogen-bond donors (Lipinski definition) is 1. The quantitative estimate of drug-likeness (QED) is 0.877. The summed E-state index contributed by atoms with van der Waals surface area (Å²) in [5.74, 6) is 1.27. The van der Waals surface area contributed by atoms with Gasteiger partial charge in [-0.15, -0.1) is 0 Å². The van der Waals surface area contributed by atoms with Gasteiger partial charge in [0.15, 0.2) is 0 Å². The van der Waals surface area contributed by atoms with Crippen molar-refractivity contribution in [1.29, 1.82) is 0 Å². The van der Waals surface area contributed by atoms with Crippen molar-refractivity contribution in [2.45, 2.75) is 20.4 Å². The van der Waals surface area contributed by atoms with Crippen molar-refractivity contribution in [2.24, 2.45) is 5.73 Å². The lowest BCUT2D eigenvalue weighted by Gasteiger charge is -2.09. The van der Waals surface area contributed by atoms with Crippen LogP contribution in [-0.2, 0) is 6.54 Å². The third kappa shape index (κ3) is 2.60. The first-order valence-electron chi connectivity index (χ1n) is 5.46. The predicted molar refractivity (Wildman–Crippen MR) is 65.9 cm³/mol. The highest BCUT2D eigenvalue weighted by Gasteiger charge is 2.05. The summed E-state index contributed by atoms with van der Waals surface area (Å²) >= 11 is 0. The average Bonchev–Trinajstić information content (AvgIpc) is 2.35. The molecule has 2 N–H and O–H groups in total. The van der Waals surface area contributed by atoms with E-state index in [1.165, 1.54) is 5.56 Å². The average molecular weight is 229 g/mol. The van der Waals surface area contributed by atoms with Crippen LogP contribution in [0.5, 0.6) is 11.6 Å². The Bertz CT molecular complexity index is 526. The second-order valence-electron chi connectivity index (χ2n) is 3.85. The van der Waals surface area contributed by atoms with Gasteiger partial charge in [-0.05, 0) is 31.0 Å². The molecular weight excluding hydrogens is 214 g/mol. The molecule has 0 atom stereocenters. The number of aromatic nitrogens is 2. The number of aryl methyl sites for hydroxylation is 1. The summed E-state index contributed by atoms with van der Waals surface area (Å²) < 4.78 is 5.70. The molecule has 1 aromatic carbocycles. The molecule has 1 aromatic heterocycles. The molecule has 0 amide bonds. The second kappa shape index (κ2) is 4.93. The van der Waals surface area contributed by atoms with Gasteiger partial charge in [-0.2, -0.15) is 0 Å². The van der Waals surface area contributed by atoms with Crippen LogP contribution in [0.3, 0.4) is 0 Å². The fraction of sp³-hybridized carbons (Fsp3) is 0.231. The smallest absolute Gasteiger partial charge is 0.238 e. The normalized spacial score (nSPS) is 10.3. The molecule has 0 fully saturated rings. The molecule has 0 bridgehead atoms. The molecule has 0 aliphatic heterocycles. The predicted octanol–water partition coefficient (Wildman–Crippen LogP) is 2.34. The first-order chi connectivity index (χ1) is 8.20. The third-order valence-electron chi connectivity index (χ3n) is 2.64. The van der Waals surface area contributed by atoms with E-state index in [4.69, 9.17) is 10.5 Å². The van der Waals surface area contributed by atoms with Gasteiger partial charge >= 0.3 is 0 Å². The first kappa shape index (κ1) is 11.5. The Labute approximate surface area is 100 Å². The minimum atomic E-state index is 0.358. The Kier molecular flexibility index (Phi) is 3.35. The zero-order chi connectivity index (χ0) is 12.3. The van der Waals surface area contributed by atoms with Crippen molar-refractivity contribution >= 4 is 0 Å². The molecule has 1 heterocycles. The summed E-state index contributed by atoms with van der Waals surface area (Å²) in [5.41, 5.74) is 8.51. The van der Waals surface area contributed by atoms with Gasteiger partial charge in [0.2, 0.25) is 5.88 Å². The molecule has 0 unspecified atom stereocenters. The molecule has 2 aromatic rings. The summed E-state index contributed by atoms with van der Waals surface area (Å²) in [6, 6.07) is 5.92. The minimum Gasteiger partial charge on any atom is -0.437 e. The van der Waals surface area contributed by atoms with E-state index in [2.05, 4.69) is 9.97 Å². The van der Waals surface area contributed by atoms with Crippen LogP contribution < -0.4 is 10.5 Å². The summed E-state index contributed by atoms with van der Waals surface area (Å²) in [6.07, 6.45) is 3.22. The van der Waals surface area contributed by atoms with Crippen LogP contribution in [0.1, 0.15) is 16.8 Å². The molecule has 4 heteroatoms. The summed E-state index contributed by atoms with van der Waals surface area (Å²) in [4.78, 5) is 8.28. The van der Waals surface area contributed by atoms with E-state index in [1.54, 1.807) is 12.4 Å². The van der Waals surface area contributed by atoms with Crippen LogP contribution in [0.4, 0.5) is 0 Å². The maximum atomic E-state index is 5.70. The van der Waals surface area contributed by atoms with Crippen LogP contribution in [0, 0.1) is 13.8 Å². The SMILES string of the molecule is Cc1cccc(Oc2cncc(CN)n2)c1C. The van der Waals surface area contributed by atoms with Gasteiger partial charge in [-0.1, -0.05) is 12.1 Å². The molecule has 0 saturated heterocycles. The van der Waals surface area contributed by atoms with E-state index >= 15 is 0 Å². The standard InChI is InChI=1S/C13H15N3O/c1-9-4-3-5-12(10(9)2)17-13-8-15-7-11(6-14)16-13/h3-5,7-8H,6,14H2,1-2H3. The van der Waals surface area contributed by atoms with Gasteiger partial charge in [0.1, 0.15) is 5.75 Å². The van der Waals surface area contributed by atoms with E-state index in [0.29, 0.717) is 18.1 Å². The fourth-order valence-electron chi connectivity index (χ4n) is 1.48. The molecule has 17 heavy (non-hydrogen) atoms. The van der Waals surface area contributed by atoms with Crippen molar-refractivity contribution < 1.29 is 4.74 Å². The molecule has 0 saturated carbocycles. The molecule has 0 radical (unpaired) electrons. The van der Waals surface area contributed by atoms with Crippen molar-refractivity contribution in [3.05, 3.63) is 47.4 Å². The number of nitrogens with zero attached hydrogens (tertiary/aromatic N) is 2. The minimum absolute atomic E-state index is 0.358. The second-order valence-corrected chi connectivity index (χ2v) is 3.85. The Morgan fingerprint density at radius 3 is 2.82 bits per heavy atom. The largest absolute Gasteiger partial charge is 0.437 e. The fourth-order valence-corrected chi connectivity index (χ4v) is 1.48. The van der Waals surface area contributed by atoms with Crippen LogP contribution >= 0.6 is 0 Å². The number of hydrogen-bond acceptors (Lipinski definition) is 4. The van der Waals surface area contributed by atoms with Gasteiger partial charge < -0.3 is 10.5 Å². The highest BCUT2D eigenvalue weighted by atomic mass is 16.5. The summed E-state index contributed by atoms with van der Waals surface area (Å²) in [6.45, 7) is 4.42. The Morgan fingerprint density at radius 2 is 2.06 bits per heavy atom. The molecule has 4 nitrogen and oxygen atoms in total. The molecule has 0 aliphatic carbocycles. The molecule has 0 aliphatic rings. The van der Waals surface area contributed by atoms with E-state index in [-0.39, 0.29) is 0 Å². The maximum Gasteiger partial charge on any atom is 0.238 e. The number of nitrogens with two attached hydrogens (primary N) is 1. The Balaban J connectivity index is 2.28. The van der Waals surface area contributed by atoms with Crippen molar-refractivity contribution in [1.82, 2.24) is 9.97 Å². The number of rotatable bonds is 3. The molecular formula is C13H15N3O. The van der Waals surface area contributed by atoms with E-state index < -0.39 is 0 Å². The van der Waals surface area contributed by atoms with Crippen molar-refractivity contribution in [2.75, 3.05) is 0 Å². The zero-order valence-corrected chi connectivity index (χ0v) is 9.97. The van der Waals surface area contributed by atoms with Crippen LogP contribution in [-0.4, -0.2) is 9.97 Å². The maximum absolute atomic E-state index is 5.70. The van der Waals surface area contributed by atoms with Crippen LogP contribution in [0.2, 0.25) is 0 Å². The highest BCUT2D eigenvalue weighted by molar-refractivity contribution is 5.40. The van der Waals surface area contributed by atoms with Crippen LogP contribution in [0.25, 0.3) is 0 Å². The van der Waals surface area contributed by atoms with Crippen molar-refractivity contribution in [3.8, 4) is 11.6 Å². The Morgan fingerprint density at radius 1 is 1.24 bits per heavy atom. The molecule has 88 valence electrons.